The average molecular weight is 256 g/mol. The quantitative estimate of drug-likeness (QED) is 0.751. The normalized spacial score (nSPS) is 16.8. The van der Waals surface area contributed by atoms with E-state index in [4.69, 9.17) is 10.8 Å². The van der Waals surface area contributed by atoms with Gasteiger partial charge in [0.15, 0.2) is 0 Å². The zero-order chi connectivity index (χ0) is 13.8. The Hall–Kier alpha value is -1.10. The van der Waals surface area contributed by atoms with E-state index in [1.807, 2.05) is 13.8 Å². The molecule has 5 nitrogen and oxygen atoms in total. The van der Waals surface area contributed by atoms with Gasteiger partial charge in [0.1, 0.15) is 6.54 Å². The number of aliphatic carboxylic acids is 1. The number of carbonyl (C=O) groups excluding carboxylic acids is 1. The highest BCUT2D eigenvalue weighted by molar-refractivity contribution is 5.89. The molecule has 1 aliphatic carbocycles. The minimum absolute atomic E-state index is 0.0506. The zero-order valence-corrected chi connectivity index (χ0v) is 11.3. The minimum Gasteiger partial charge on any atom is -0.480 e. The van der Waals surface area contributed by atoms with E-state index in [0.29, 0.717) is 12.8 Å². The van der Waals surface area contributed by atoms with Gasteiger partial charge in [0, 0.05) is 6.04 Å². The van der Waals surface area contributed by atoms with Gasteiger partial charge >= 0.3 is 5.97 Å². The second-order valence-corrected chi connectivity index (χ2v) is 5.13. The second-order valence-electron chi connectivity index (χ2n) is 5.13. The summed E-state index contributed by atoms with van der Waals surface area (Å²) in [6.45, 7) is 3.51. The Labute approximate surface area is 108 Å². The lowest BCUT2D eigenvalue weighted by Crippen LogP contribution is -2.57. The lowest BCUT2D eigenvalue weighted by molar-refractivity contribution is -0.149. The molecule has 1 fully saturated rings. The predicted molar refractivity (Wildman–Crippen MR) is 69.1 cm³/mol. The third-order valence-electron chi connectivity index (χ3n) is 4.02. The van der Waals surface area contributed by atoms with E-state index in [-0.39, 0.29) is 18.5 Å². The molecule has 0 unspecified atom stereocenters. The Morgan fingerprint density at radius 1 is 1.28 bits per heavy atom. The molecular weight excluding hydrogens is 232 g/mol. The van der Waals surface area contributed by atoms with Crippen molar-refractivity contribution in [1.29, 1.82) is 0 Å². The number of carboxylic acids is 1. The number of carboxylic acid groups (broad SMARTS) is 1. The first kappa shape index (κ1) is 15.0. The van der Waals surface area contributed by atoms with Crippen LogP contribution in [0.5, 0.6) is 0 Å². The Morgan fingerprint density at radius 3 is 2.17 bits per heavy atom. The highest BCUT2D eigenvalue weighted by atomic mass is 16.4. The third kappa shape index (κ3) is 3.22. The molecule has 1 rings (SSSR count). The van der Waals surface area contributed by atoms with Crippen LogP contribution in [0.25, 0.3) is 0 Å². The molecule has 0 radical (unpaired) electrons. The van der Waals surface area contributed by atoms with Crippen molar-refractivity contribution in [2.45, 2.75) is 64.0 Å². The molecule has 1 aliphatic rings. The van der Waals surface area contributed by atoms with E-state index in [1.165, 1.54) is 4.90 Å². The molecule has 0 aliphatic heterocycles. The first-order valence-electron chi connectivity index (χ1n) is 6.76. The fraction of sp³-hybridized carbons (Fsp3) is 0.846. The first-order valence-corrected chi connectivity index (χ1v) is 6.76. The van der Waals surface area contributed by atoms with E-state index in [9.17, 15) is 9.59 Å². The van der Waals surface area contributed by atoms with Crippen LogP contribution in [-0.4, -0.2) is 40.0 Å². The molecule has 0 aromatic rings. The van der Waals surface area contributed by atoms with Crippen LogP contribution in [0.4, 0.5) is 0 Å². The zero-order valence-electron chi connectivity index (χ0n) is 11.3. The molecule has 1 amide bonds. The van der Waals surface area contributed by atoms with Crippen molar-refractivity contribution < 1.29 is 14.7 Å². The molecule has 0 heterocycles. The summed E-state index contributed by atoms with van der Waals surface area (Å²) in [5.41, 5.74) is 5.18. The molecular formula is C13H24N2O3. The van der Waals surface area contributed by atoms with Crippen molar-refractivity contribution in [3.8, 4) is 0 Å². The molecule has 3 N–H and O–H groups in total. The van der Waals surface area contributed by atoms with E-state index in [1.54, 1.807) is 0 Å². The number of rotatable bonds is 6. The van der Waals surface area contributed by atoms with E-state index in [0.717, 1.165) is 25.7 Å². The summed E-state index contributed by atoms with van der Waals surface area (Å²) in [5.74, 6) is -1.17. The molecule has 0 aromatic heterocycles. The molecule has 0 saturated heterocycles. The Balaban J connectivity index is 2.87. The lowest BCUT2D eigenvalue weighted by atomic mass is 9.91. The van der Waals surface area contributed by atoms with Crippen molar-refractivity contribution in [3.63, 3.8) is 0 Å². The van der Waals surface area contributed by atoms with E-state index in [2.05, 4.69) is 0 Å². The molecule has 0 aromatic carbocycles. The number of carbonyl (C=O) groups is 2. The van der Waals surface area contributed by atoms with Crippen LogP contribution in [0.1, 0.15) is 52.4 Å². The largest absolute Gasteiger partial charge is 0.480 e. The average Bonchev–Trinajstić information content (AvgIpc) is 2.87. The molecule has 104 valence electrons. The van der Waals surface area contributed by atoms with E-state index < -0.39 is 11.5 Å². The fourth-order valence-corrected chi connectivity index (χ4v) is 2.57. The standard InChI is InChI=1S/C13H24N2O3/c1-3-13(14,4-2)12(18)15(9-11(16)17)10-7-5-6-8-10/h10H,3-9,14H2,1-2H3,(H,16,17). The van der Waals surface area contributed by atoms with Gasteiger partial charge in [-0.25, -0.2) is 0 Å². The Morgan fingerprint density at radius 2 is 1.78 bits per heavy atom. The molecule has 0 atom stereocenters. The summed E-state index contributed by atoms with van der Waals surface area (Å²) in [6.07, 6.45) is 4.97. The van der Waals surface area contributed by atoms with Crippen LogP contribution in [0.2, 0.25) is 0 Å². The van der Waals surface area contributed by atoms with Gasteiger partial charge in [0.25, 0.3) is 0 Å². The Kier molecular flexibility index (Phi) is 5.14. The number of hydrogen-bond donors (Lipinski definition) is 2. The van der Waals surface area contributed by atoms with Crippen LogP contribution in [0.15, 0.2) is 0 Å². The van der Waals surface area contributed by atoms with Crippen molar-refractivity contribution in [2.24, 2.45) is 5.73 Å². The van der Waals surface area contributed by atoms with Gasteiger partial charge in [0.2, 0.25) is 5.91 Å². The Bertz CT molecular complexity index is 307. The van der Waals surface area contributed by atoms with Crippen LogP contribution >= 0.6 is 0 Å². The van der Waals surface area contributed by atoms with Gasteiger partial charge < -0.3 is 15.7 Å². The van der Waals surface area contributed by atoms with Crippen LogP contribution in [-0.2, 0) is 9.59 Å². The van der Waals surface area contributed by atoms with Gasteiger partial charge in [-0.3, -0.25) is 9.59 Å². The summed E-state index contributed by atoms with van der Waals surface area (Å²) in [5, 5.41) is 8.97. The molecule has 1 saturated carbocycles. The predicted octanol–water partition coefficient (Wildman–Crippen LogP) is 1.36. The summed E-state index contributed by atoms with van der Waals surface area (Å²) in [7, 11) is 0. The third-order valence-corrected chi connectivity index (χ3v) is 4.02. The first-order chi connectivity index (χ1) is 8.44. The highest BCUT2D eigenvalue weighted by Crippen LogP contribution is 2.26. The monoisotopic (exact) mass is 256 g/mol. The van der Waals surface area contributed by atoms with Gasteiger partial charge in [0.05, 0.1) is 5.54 Å². The fourth-order valence-electron chi connectivity index (χ4n) is 2.57. The van der Waals surface area contributed by atoms with Crippen LogP contribution in [0.3, 0.4) is 0 Å². The van der Waals surface area contributed by atoms with Crippen molar-refractivity contribution in [2.75, 3.05) is 6.54 Å². The highest BCUT2D eigenvalue weighted by Gasteiger charge is 2.38. The topological polar surface area (TPSA) is 83.6 Å². The van der Waals surface area contributed by atoms with Gasteiger partial charge in [-0.2, -0.15) is 0 Å². The molecule has 5 heteroatoms. The van der Waals surface area contributed by atoms with Crippen molar-refractivity contribution >= 4 is 11.9 Å². The summed E-state index contributed by atoms with van der Waals surface area (Å²) in [6, 6.07) is 0.0506. The maximum Gasteiger partial charge on any atom is 0.323 e. The SMILES string of the molecule is CCC(N)(CC)C(=O)N(CC(=O)O)C1CCCC1. The maximum atomic E-state index is 12.5. The number of nitrogens with two attached hydrogens (primary N) is 1. The van der Waals surface area contributed by atoms with Crippen LogP contribution < -0.4 is 5.73 Å². The van der Waals surface area contributed by atoms with Gasteiger partial charge in [-0.05, 0) is 25.7 Å². The molecule has 0 bridgehead atoms. The van der Waals surface area contributed by atoms with Gasteiger partial charge in [-0.1, -0.05) is 26.7 Å². The number of amides is 1. The second kappa shape index (κ2) is 6.18. The summed E-state index contributed by atoms with van der Waals surface area (Å²) >= 11 is 0. The lowest BCUT2D eigenvalue weighted by Gasteiger charge is -2.35. The van der Waals surface area contributed by atoms with Crippen LogP contribution in [0, 0.1) is 0 Å². The smallest absolute Gasteiger partial charge is 0.323 e. The molecule has 18 heavy (non-hydrogen) atoms. The van der Waals surface area contributed by atoms with Crippen molar-refractivity contribution in [1.82, 2.24) is 4.90 Å². The minimum atomic E-state index is -0.968. The van der Waals surface area contributed by atoms with Gasteiger partial charge in [-0.15, -0.1) is 0 Å². The number of hydrogen-bond acceptors (Lipinski definition) is 3. The van der Waals surface area contributed by atoms with Crippen molar-refractivity contribution in [3.05, 3.63) is 0 Å². The van der Waals surface area contributed by atoms with E-state index >= 15 is 0 Å². The summed E-state index contributed by atoms with van der Waals surface area (Å²) in [4.78, 5) is 24.9. The number of nitrogens with zero attached hydrogens (tertiary/aromatic N) is 1. The molecule has 0 spiro atoms. The maximum absolute atomic E-state index is 12.5. The summed E-state index contributed by atoms with van der Waals surface area (Å²) < 4.78 is 0.